The van der Waals surface area contributed by atoms with Crippen molar-refractivity contribution in [2.24, 2.45) is 0 Å². The van der Waals surface area contributed by atoms with Crippen LogP contribution in [0.25, 0.3) is 11.2 Å². The summed E-state index contributed by atoms with van der Waals surface area (Å²) in [6.45, 7) is 1.76. The molecule has 4 aromatic rings. The maximum Gasteiger partial charge on any atom is 0.262 e. The number of fused-ring (bicyclic) bond motifs is 1. The number of benzene rings is 1. The molecule has 1 amide bonds. The van der Waals surface area contributed by atoms with Gasteiger partial charge in [0.1, 0.15) is 22.9 Å². The Labute approximate surface area is 147 Å². The molecule has 0 aliphatic rings. The topological polar surface area (TPSA) is 90.2 Å². The number of nitrogens with one attached hydrogen (secondary N) is 1. The summed E-state index contributed by atoms with van der Waals surface area (Å²) < 4.78 is 17.0. The third-order valence-corrected chi connectivity index (χ3v) is 3.95. The number of pyridine rings is 1. The van der Waals surface area contributed by atoms with E-state index < -0.39 is 11.7 Å². The van der Waals surface area contributed by atoms with Crippen LogP contribution in [0.4, 0.5) is 16.0 Å². The highest BCUT2D eigenvalue weighted by Crippen LogP contribution is 2.23. The minimum Gasteiger partial charge on any atom is -0.382 e. The van der Waals surface area contributed by atoms with Gasteiger partial charge in [-0.2, -0.15) is 5.10 Å². The molecule has 0 fully saturated rings. The van der Waals surface area contributed by atoms with Gasteiger partial charge in [-0.15, -0.1) is 5.10 Å². The molecule has 0 atom stereocenters. The van der Waals surface area contributed by atoms with Crippen LogP contribution in [-0.2, 0) is 0 Å². The van der Waals surface area contributed by atoms with Gasteiger partial charge in [0, 0.05) is 12.3 Å². The number of para-hydroxylation sites is 1. The molecule has 0 radical (unpaired) electrons. The number of hydrogen-bond acceptors (Lipinski definition) is 4. The van der Waals surface area contributed by atoms with Crippen LogP contribution < -0.4 is 11.1 Å². The zero-order valence-electron chi connectivity index (χ0n) is 13.8. The van der Waals surface area contributed by atoms with Gasteiger partial charge >= 0.3 is 0 Å². The number of halogens is 1. The average Bonchev–Trinajstić information content (AvgIpc) is 3.14. The fraction of sp³-hybridized carbons (Fsp3) is 0.0556. The number of nitrogens with two attached hydrogens (primary N) is 1. The van der Waals surface area contributed by atoms with Crippen molar-refractivity contribution in [3.8, 4) is 5.69 Å². The van der Waals surface area contributed by atoms with Crippen molar-refractivity contribution < 1.29 is 9.18 Å². The first-order valence-electron chi connectivity index (χ1n) is 7.90. The molecule has 0 aliphatic carbocycles. The number of hydrogen-bond donors (Lipinski definition) is 2. The minimum absolute atomic E-state index is 0.113. The second-order valence-corrected chi connectivity index (χ2v) is 5.78. The van der Waals surface area contributed by atoms with Gasteiger partial charge in [0.15, 0.2) is 5.82 Å². The molecule has 4 rings (SSSR count). The monoisotopic (exact) mass is 350 g/mol. The van der Waals surface area contributed by atoms with Crippen molar-refractivity contribution in [2.75, 3.05) is 11.1 Å². The third-order valence-electron chi connectivity index (χ3n) is 3.95. The molecule has 0 spiro atoms. The fourth-order valence-electron chi connectivity index (χ4n) is 2.82. The lowest BCUT2D eigenvalue weighted by Crippen LogP contribution is -2.16. The van der Waals surface area contributed by atoms with Gasteiger partial charge < -0.3 is 11.1 Å². The SMILES string of the molecule is Cc1cc(NC(=O)c2c(N)nn3ccccc23)n(-c2ccccc2F)n1. The lowest BCUT2D eigenvalue weighted by molar-refractivity contribution is 0.102. The zero-order valence-corrected chi connectivity index (χ0v) is 13.8. The smallest absolute Gasteiger partial charge is 0.262 e. The third kappa shape index (κ3) is 2.57. The zero-order chi connectivity index (χ0) is 18.3. The van der Waals surface area contributed by atoms with Crippen LogP contribution in [0.2, 0.25) is 0 Å². The number of anilines is 2. The Bertz CT molecular complexity index is 1130. The summed E-state index contributed by atoms with van der Waals surface area (Å²) in [4.78, 5) is 12.8. The number of carbonyl (C=O) groups is 1. The molecule has 130 valence electrons. The number of amides is 1. The van der Waals surface area contributed by atoms with E-state index in [2.05, 4.69) is 15.5 Å². The summed E-state index contributed by atoms with van der Waals surface area (Å²) in [6, 6.07) is 13.2. The van der Waals surface area contributed by atoms with Crippen LogP contribution >= 0.6 is 0 Å². The summed E-state index contributed by atoms with van der Waals surface area (Å²) in [5.74, 6) is -0.433. The van der Waals surface area contributed by atoms with Gasteiger partial charge in [0.25, 0.3) is 5.91 Å². The largest absolute Gasteiger partial charge is 0.382 e. The first-order valence-corrected chi connectivity index (χ1v) is 7.90. The van der Waals surface area contributed by atoms with Crippen molar-refractivity contribution in [3.63, 3.8) is 0 Å². The van der Waals surface area contributed by atoms with Gasteiger partial charge in [-0.3, -0.25) is 4.79 Å². The molecule has 0 unspecified atom stereocenters. The summed E-state index contributed by atoms with van der Waals surface area (Å²) in [5.41, 5.74) is 7.62. The lowest BCUT2D eigenvalue weighted by Gasteiger charge is -2.09. The second kappa shape index (κ2) is 5.99. The van der Waals surface area contributed by atoms with Crippen LogP contribution in [0.5, 0.6) is 0 Å². The molecular weight excluding hydrogens is 335 g/mol. The molecule has 1 aromatic carbocycles. The number of aromatic nitrogens is 4. The van der Waals surface area contributed by atoms with Crippen molar-refractivity contribution in [3.05, 3.63) is 71.8 Å². The van der Waals surface area contributed by atoms with Crippen LogP contribution in [-0.4, -0.2) is 25.3 Å². The van der Waals surface area contributed by atoms with E-state index in [1.54, 1.807) is 55.6 Å². The Morgan fingerprint density at radius 1 is 1.15 bits per heavy atom. The Hall–Kier alpha value is -3.68. The molecule has 8 heteroatoms. The van der Waals surface area contributed by atoms with E-state index in [1.807, 2.05) is 0 Å². The maximum atomic E-state index is 14.1. The molecule has 0 aliphatic heterocycles. The quantitative estimate of drug-likeness (QED) is 0.594. The predicted octanol–water partition coefficient (Wildman–Crippen LogP) is 2.80. The predicted molar refractivity (Wildman–Crippen MR) is 95.8 cm³/mol. The number of aryl methyl sites for hydroxylation is 1. The van der Waals surface area contributed by atoms with E-state index in [4.69, 9.17) is 5.73 Å². The van der Waals surface area contributed by atoms with Crippen molar-refractivity contribution in [1.29, 1.82) is 0 Å². The minimum atomic E-state index is -0.443. The summed E-state index contributed by atoms with van der Waals surface area (Å²) in [7, 11) is 0. The molecular formula is C18H15FN6O. The number of nitrogens with zero attached hydrogens (tertiary/aromatic N) is 4. The van der Waals surface area contributed by atoms with Gasteiger partial charge in [-0.25, -0.2) is 13.6 Å². The Balaban J connectivity index is 1.75. The van der Waals surface area contributed by atoms with Crippen LogP contribution in [0.1, 0.15) is 16.1 Å². The van der Waals surface area contributed by atoms with Gasteiger partial charge in [0.05, 0.1) is 11.2 Å². The number of nitrogen functional groups attached to an aromatic ring is 1. The van der Waals surface area contributed by atoms with E-state index in [0.717, 1.165) is 0 Å². The molecule has 0 bridgehead atoms. The standard InChI is InChI=1S/C18H15FN6O/c1-11-10-15(25(22-11)13-7-3-2-6-12(13)19)21-18(26)16-14-8-4-5-9-24(14)23-17(16)20/h2-10H,1H3,(H2,20,23)(H,21,26). The highest BCUT2D eigenvalue weighted by atomic mass is 19.1. The fourth-order valence-corrected chi connectivity index (χ4v) is 2.82. The van der Waals surface area contributed by atoms with E-state index in [-0.39, 0.29) is 17.1 Å². The molecule has 3 aromatic heterocycles. The normalized spacial score (nSPS) is 11.0. The summed E-state index contributed by atoms with van der Waals surface area (Å²) >= 11 is 0. The van der Waals surface area contributed by atoms with E-state index in [9.17, 15) is 9.18 Å². The molecule has 0 saturated heterocycles. The Morgan fingerprint density at radius 3 is 2.73 bits per heavy atom. The van der Waals surface area contributed by atoms with Crippen LogP contribution in [0.3, 0.4) is 0 Å². The van der Waals surface area contributed by atoms with Gasteiger partial charge in [-0.05, 0) is 31.2 Å². The van der Waals surface area contributed by atoms with Gasteiger partial charge in [0.2, 0.25) is 0 Å². The molecule has 7 nitrogen and oxygen atoms in total. The maximum absolute atomic E-state index is 14.1. The van der Waals surface area contributed by atoms with Crippen LogP contribution in [0, 0.1) is 12.7 Å². The highest BCUT2D eigenvalue weighted by molar-refractivity contribution is 6.12. The lowest BCUT2D eigenvalue weighted by atomic mass is 10.2. The first kappa shape index (κ1) is 15.8. The first-order chi connectivity index (χ1) is 12.5. The van der Waals surface area contributed by atoms with Crippen molar-refractivity contribution >= 4 is 23.1 Å². The average molecular weight is 350 g/mol. The molecule has 0 saturated carbocycles. The second-order valence-electron chi connectivity index (χ2n) is 5.78. The Kier molecular flexibility index (Phi) is 3.65. The Morgan fingerprint density at radius 2 is 1.92 bits per heavy atom. The van der Waals surface area contributed by atoms with E-state index in [0.29, 0.717) is 17.0 Å². The van der Waals surface area contributed by atoms with E-state index in [1.165, 1.54) is 15.3 Å². The van der Waals surface area contributed by atoms with Gasteiger partial charge in [-0.1, -0.05) is 18.2 Å². The van der Waals surface area contributed by atoms with E-state index >= 15 is 0 Å². The number of rotatable bonds is 3. The molecule has 3 heterocycles. The van der Waals surface area contributed by atoms with Crippen molar-refractivity contribution in [1.82, 2.24) is 19.4 Å². The highest BCUT2D eigenvalue weighted by Gasteiger charge is 2.20. The van der Waals surface area contributed by atoms with Crippen molar-refractivity contribution in [2.45, 2.75) is 6.92 Å². The molecule has 26 heavy (non-hydrogen) atoms. The van der Waals surface area contributed by atoms with Crippen LogP contribution in [0.15, 0.2) is 54.7 Å². The summed E-state index contributed by atoms with van der Waals surface area (Å²) in [6.07, 6.45) is 1.70. The summed E-state index contributed by atoms with van der Waals surface area (Å²) in [5, 5.41) is 11.2. The number of carbonyl (C=O) groups excluding carboxylic acids is 1. The molecule has 3 N–H and O–H groups in total.